The largest absolute Gasteiger partial charge is 0.490 e. The number of hydrogen-bond acceptors (Lipinski definition) is 3. The molecule has 2 N–H and O–H groups in total. The summed E-state index contributed by atoms with van der Waals surface area (Å²) in [6, 6.07) is 3.81. The summed E-state index contributed by atoms with van der Waals surface area (Å²) < 4.78 is 31.7. The van der Waals surface area contributed by atoms with E-state index < -0.39 is 12.1 Å². The Bertz CT molecular complexity index is 436. The first kappa shape index (κ1) is 18.9. The minimum atomic E-state index is -5.08. The van der Waals surface area contributed by atoms with Crippen molar-refractivity contribution in [3.8, 4) is 0 Å². The van der Waals surface area contributed by atoms with Gasteiger partial charge in [0.2, 0.25) is 5.91 Å². The van der Waals surface area contributed by atoms with Crippen molar-refractivity contribution in [2.75, 3.05) is 0 Å². The lowest BCUT2D eigenvalue weighted by Gasteiger charge is -2.03. The summed E-state index contributed by atoms with van der Waals surface area (Å²) in [6.07, 6.45) is 1.02. The van der Waals surface area contributed by atoms with Gasteiger partial charge in [-0.15, -0.1) is 0 Å². The molecule has 0 atom stereocenters. The van der Waals surface area contributed by atoms with Crippen LogP contribution >= 0.6 is 0 Å². The van der Waals surface area contributed by atoms with Crippen molar-refractivity contribution in [2.45, 2.75) is 38.9 Å². The number of halogens is 3. The maximum atomic E-state index is 11.2. The second kappa shape index (κ2) is 9.73. The monoisotopic (exact) mass is 306 g/mol. The zero-order chi connectivity index (χ0) is 16.3. The first-order valence-corrected chi connectivity index (χ1v) is 6.23. The Kier molecular flexibility index (Phi) is 8.75. The standard InChI is InChI=1S/C11H16N2O.C2HF3O2/c1-2-3-4-11(14)13-9-10-5-7-12-8-6-10;3-2(4,5)1(6)7/h5-8H,2-4,9H2,1H3,(H,13,14);(H,6,7). The summed E-state index contributed by atoms with van der Waals surface area (Å²) in [7, 11) is 0. The molecule has 118 valence electrons. The van der Waals surface area contributed by atoms with Crippen LogP contribution in [-0.2, 0) is 16.1 Å². The average molecular weight is 306 g/mol. The molecule has 0 aliphatic heterocycles. The van der Waals surface area contributed by atoms with Crippen LogP contribution in [0.5, 0.6) is 0 Å². The van der Waals surface area contributed by atoms with E-state index in [1.807, 2.05) is 12.1 Å². The number of amides is 1. The van der Waals surface area contributed by atoms with Crippen LogP contribution in [-0.4, -0.2) is 28.1 Å². The molecule has 21 heavy (non-hydrogen) atoms. The Morgan fingerprint density at radius 3 is 2.24 bits per heavy atom. The van der Waals surface area contributed by atoms with Crippen LogP contribution < -0.4 is 5.32 Å². The molecule has 0 bridgehead atoms. The smallest absolute Gasteiger partial charge is 0.475 e. The SMILES string of the molecule is CCCCC(=O)NCc1ccncc1.O=C(O)C(F)(F)F. The number of carbonyl (C=O) groups excluding carboxylic acids is 1. The van der Waals surface area contributed by atoms with Crippen molar-refractivity contribution in [3.05, 3.63) is 30.1 Å². The first-order valence-electron chi connectivity index (χ1n) is 6.23. The highest BCUT2D eigenvalue weighted by molar-refractivity contribution is 5.75. The number of hydrogen-bond donors (Lipinski definition) is 2. The highest BCUT2D eigenvalue weighted by atomic mass is 19.4. The van der Waals surface area contributed by atoms with Crippen LogP contribution in [0, 0.1) is 0 Å². The fourth-order valence-corrected chi connectivity index (χ4v) is 1.13. The lowest BCUT2D eigenvalue weighted by atomic mass is 10.2. The topological polar surface area (TPSA) is 79.3 Å². The van der Waals surface area contributed by atoms with Gasteiger partial charge < -0.3 is 10.4 Å². The highest BCUT2D eigenvalue weighted by Gasteiger charge is 2.38. The molecule has 1 amide bonds. The summed E-state index contributed by atoms with van der Waals surface area (Å²) >= 11 is 0. The van der Waals surface area contributed by atoms with Crippen LogP contribution in [0.25, 0.3) is 0 Å². The third-order valence-electron chi connectivity index (χ3n) is 2.24. The molecular weight excluding hydrogens is 289 g/mol. The van der Waals surface area contributed by atoms with Gasteiger partial charge in [0.05, 0.1) is 0 Å². The molecule has 0 radical (unpaired) electrons. The molecule has 0 aliphatic rings. The predicted molar refractivity (Wildman–Crippen MR) is 69.3 cm³/mol. The highest BCUT2D eigenvalue weighted by Crippen LogP contribution is 2.13. The van der Waals surface area contributed by atoms with E-state index >= 15 is 0 Å². The molecule has 1 rings (SSSR count). The first-order chi connectivity index (χ1) is 9.77. The lowest BCUT2D eigenvalue weighted by molar-refractivity contribution is -0.192. The van der Waals surface area contributed by atoms with Gasteiger partial charge >= 0.3 is 12.1 Å². The van der Waals surface area contributed by atoms with Gasteiger partial charge in [-0.3, -0.25) is 9.78 Å². The number of aliphatic carboxylic acids is 1. The van der Waals surface area contributed by atoms with Crippen LogP contribution in [0.1, 0.15) is 31.7 Å². The minimum Gasteiger partial charge on any atom is -0.475 e. The molecule has 8 heteroatoms. The summed E-state index contributed by atoms with van der Waals surface area (Å²) in [5.74, 6) is -2.63. The van der Waals surface area contributed by atoms with Crippen LogP contribution in [0.3, 0.4) is 0 Å². The van der Waals surface area contributed by atoms with E-state index in [9.17, 15) is 18.0 Å². The quantitative estimate of drug-likeness (QED) is 0.876. The predicted octanol–water partition coefficient (Wildman–Crippen LogP) is 2.52. The fraction of sp³-hybridized carbons (Fsp3) is 0.462. The number of unbranched alkanes of at least 4 members (excludes halogenated alkanes) is 1. The van der Waals surface area contributed by atoms with Crippen molar-refractivity contribution in [3.63, 3.8) is 0 Å². The van der Waals surface area contributed by atoms with E-state index in [0.717, 1.165) is 18.4 Å². The van der Waals surface area contributed by atoms with E-state index in [4.69, 9.17) is 9.90 Å². The Morgan fingerprint density at radius 1 is 1.29 bits per heavy atom. The molecule has 5 nitrogen and oxygen atoms in total. The van der Waals surface area contributed by atoms with Gasteiger partial charge in [0.25, 0.3) is 0 Å². The number of carbonyl (C=O) groups is 2. The average Bonchev–Trinajstić information content (AvgIpc) is 2.43. The molecule has 0 aromatic carbocycles. The molecule has 0 saturated carbocycles. The van der Waals surface area contributed by atoms with E-state index in [1.54, 1.807) is 12.4 Å². The maximum Gasteiger partial charge on any atom is 0.490 e. The minimum absolute atomic E-state index is 0.128. The van der Waals surface area contributed by atoms with Gasteiger partial charge in [0.15, 0.2) is 0 Å². The molecule has 0 unspecified atom stereocenters. The van der Waals surface area contributed by atoms with Gasteiger partial charge in [-0.1, -0.05) is 13.3 Å². The number of carboxylic acids is 1. The van der Waals surface area contributed by atoms with Crippen LogP contribution in [0.15, 0.2) is 24.5 Å². The Hall–Kier alpha value is -2.12. The van der Waals surface area contributed by atoms with E-state index in [2.05, 4.69) is 17.2 Å². The zero-order valence-corrected chi connectivity index (χ0v) is 11.5. The van der Waals surface area contributed by atoms with Crippen molar-refractivity contribution in [1.82, 2.24) is 10.3 Å². The van der Waals surface area contributed by atoms with Crippen molar-refractivity contribution in [2.24, 2.45) is 0 Å². The van der Waals surface area contributed by atoms with Gasteiger partial charge in [0.1, 0.15) is 0 Å². The Labute approximate surface area is 120 Å². The second-order valence-electron chi connectivity index (χ2n) is 4.04. The van der Waals surface area contributed by atoms with E-state index in [0.29, 0.717) is 13.0 Å². The molecule has 1 aromatic rings. The molecule has 1 aromatic heterocycles. The van der Waals surface area contributed by atoms with Crippen molar-refractivity contribution < 1.29 is 27.9 Å². The van der Waals surface area contributed by atoms with Crippen LogP contribution in [0.4, 0.5) is 13.2 Å². The molecule has 0 fully saturated rings. The number of rotatable bonds is 5. The molecular formula is C13H17F3N2O3. The number of nitrogens with zero attached hydrogens (tertiary/aromatic N) is 1. The zero-order valence-electron chi connectivity index (χ0n) is 11.5. The third-order valence-corrected chi connectivity index (χ3v) is 2.24. The lowest BCUT2D eigenvalue weighted by Crippen LogP contribution is -2.22. The van der Waals surface area contributed by atoms with Gasteiger partial charge in [-0.25, -0.2) is 4.79 Å². The number of aromatic nitrogens is 1. The summed E-state index contributed by atoms with van der Waals surface area (Å²) in [5, 5.41) is 9.99. The fourth-order valence-electron chi connectivity index (χ4n) is 1.13. The summed E-state index contributed by atoms with van der Waals surface area (Å²) in [4.78, 5) is 24.1. The van der Waals surface area contributed by atoms with E-state index in [-0.39, 0.29) is 5.91 Å². The Balaban J connectivity index is 0.000000486. The van der Waals surface area contributed by atoms with Crippen LogP contribution in [0.2, 0.25) is 0 Å². The maximum absolute atomic E-state index is 11.2. The molecule has 0 aliphatic carbocycles. The normalized spacial score (nSPS) is 10.3. The number of alkyl halides is 3. The second-order valence-corrected chi connectivity index (χ2v) is 4.04. The van der Waals surface area contributed by atoms with E-state index in [1.165, 1.54) is 0 Å². The molecule has 0 spiro atoms. The number of nitrogens with one attached hydrogen (secondary N) is 1. The number of pyridine rings is 1. The number of carboxylic acid groups (broad SMARTS) is 1. The molecule has 0 saturated heterocycles. The van der Waals surface area contributed by atoms with Gasteiger partial charge in [-0.05, 0) is 24.1 Å². The Morgan fingerprint density at radius 2 is 1.81 bits per heavy atom. The van der Waals surface area contributed by atoms with Gasteiger partial charge in [0, 0.05) is 25.4 Å². The van der Waals surface area contributed by atoms with Gasteiger partial charge in [-0.2, -0.15) is 13.2 Å². The third kappa shape index (κ3) is 10.3. The summed E-state index contributed by atoms with van der Waals surface area (Å²) in [5.41, 5.74) is 1.09. The molecule has 1 heterocycles. The van der Waals surface area contributed by atoms with Crippen molar-refractivity contribution in [1.29, 1.82) is 0 Å². The van der Waals surface area contributed by atoms with Crippen molar-refractivity contribution >= 4 is 11.9 Å². The summed E-state index contributed by atoms with van der Waals surface area (Å²) in [6.45, 7) is 2.68.